The molecule has 1 aromatic rings. The average Bonchev–Trinajstić information content (AvgIpc) is 2.31. The summed E-state index contributed by atoms with van der Waals surface area (Å²) in [5.41, 5.74) is 0.887. The van der Waals surface area contributed by atoms with Gasteiger partial charge in [0, 0.05) is 6.42 Å². The Morgan fingerprint density at radius 3 is 2.37 bits per heavy atom. The normalized spacial score (nSPS) is 15.8. The fourth-order valence-corrected chi connectivity index (χ4v) is 2.34. The maximum Gasteiger partial charge on any atom is 0.306 e. The van der Waals surface area contributed by atoms with Crippen molar-refractivity contribution in [2.24, 2.45) is 5.14 Å². The molecule has 1 aromatic carbocycles. The molecule has 6 heteroatoms. The van der Waals surface area contributed by atoms with Crippen molar-refractivity contribution in [1.29, 1.82) is 0 Å². The van der Waals surface area contributed by atoms with Gasteiger partial charge in [-0.15, -0.1) is 0 Å². The second-order valence-electron chi connectivity index (χ2n) is 4.73. The van der Waals surface area contributed by atoms with E-state index in [2.05, 4.69) is 0 Å². The van der Waals surface area contributed by atoms with Gasteiger partial charge in [0.25, 0.3) is 0 Å². The van der Waals surface area contributed by atoms with Crippen molar-refractivity contribution in [3.05, 3.63) is 29.8 Å². The predicted molar refractivity (Wildman–Crippen MR) is 69.9 cm³/mol. The number of hydrogen-bond acceptors (Lipinski definition) is 4. The lowest BCUT2D eigenvalue weighted by molar-refractivity contribution is -0.152. The summed E-state index contributed by atoms with van der Waals surface area (Å²) < 4.78 is 27.4. The number of nitrogens with two attached hydrogens (primary N) is 1. The minimum atomic E-state index is -3.65. The molecule has 5 nitrogen and oxygen atoms in total. The molecule has 0 amide bonds. The molecule has 0 unspecified atom stereocenters. The number of hydrogen-bond donors (Lipinski definition) is 1. The molecule has 104 valence electrons. The Morgan fingerprint density at radius 2 is 1.89 bits per heavy atom. The first kappa shape index (κ1) is 14.0. The molecule has 0 radical (unpaired) electrons. The van der Waals surface area contributed by atoms with Crippen molar-refractivity contribution in [1.82, 2.24) is 0 Å². The van der Waals surface area contributed by atoms with Crippen molar-refractivity contribution in [3.8, 4) is 0 Å². The first-order valence-corrected chi connectivity index (χ1v) is 7.81. The summed E-state index contributed by atoms with van der Waals surface area (Å²) in [6.07, 6.45) is 4.02. The van der Waals surface area contributed by atoms with Gasteiger partial charge in [-0.1, -0.05) is 12.1 Å². The van der Waals surface area contributed by atoms with Crippen molar-refractivity contribution < 1.29 is 17.9 Å². The highest BCUT2D eigenvalue weighted by Gasteiger charge is 2.21. The van der Waals surface area contributed by atoms with Crippen LogP contribution in [0.15, 0.2) is 29.2 Å². The van der Waals surface area contributed by atoms with Gasteiger partial charge in [0.2, 0.25) is 10.0 Å². The molecule has 1 aliphatic carbocycles. The highest BCUT2D eigenvalue weighted by molar-refractivity contribution is 7.89. The van der Waals surface area contributed by atoms with Crippen molar-refractivity contribution in [2.75, 3.05) is 0 Å². The highest BCUT2D eigenvalue weighted by Crippen LogP contribution is 2.22. The average molecular weight is 283 g/mol. The molecular formula is C13H17NO4S. The summed E-state index contributed by atoms with van der Waals surface area (Å²) in [6, 6.07) is 6.22. The van der Waals surface area contributed by atoms with E-state index < -0.39 is 10.0 Å². The maximum absolute atomic E-state index is 11.5. The molecule has 2 rings (SSSR count). The van der Waals surface area contributed by atoms with Crippen LogP contribution in [0.3, 0.4) is 0 Å². The minimum absolute atomic E-state index is 0.0771. The number of carbonyl (C=O) groups excluding carboxylic acids is 1. The third kappa shape index (κ3) is 4.04. The number of benzene rings is 1. The van der Waals surface area contributed by atoms with Crippen LogP contribution in [-0.4, -0.2) is 20.5 Å². The van der Waals surface area contributed by atoms with Gasteiger partial charge in [-0.2, -0.15) is 0 Å². The first-order valence-electron chi connectivity index (χ1n) is 6.26. The summed E-state index contributed by atoms with van der Waals surface area (Å²) in [7, 11) is -3.65. The molecule has 1 fully saturated rings. The number of esters is 1. The minimum Gasteiger partial charge on any atom is -0.462 e. The van der Waals surface area contributed by atoms with Crippen LogP contribution < -0.4 is 5.14 Å². The quantitative estimate of drug-likeness (QED) is 0.827. The van der Waals surface area contributed by atoms with Gasteiger partial charge in [-0.3, -0.25) is 4.79 Å². The van der Waals surface area contributed by atoms with Crippen molar-refractivity contribution >= 4 is 16.0 Å². The molecule has 1 saturated carbocycles. The van der Waals surface area contributed by atoms with Crippen LogP contribution in [0.4, 0.5) is 0 Å². The zero-order valence-corrected chi connectivity index (χ0v) is 11.4. The van der Waals surface area contributed by atoms with E-state index in [0.29, 0.717) is 12.8 Å². The lowest BCUT2D eigenvalue weighted by Crippen LogP contribution is -2.25. The van der Waals surface area contributed by atoms with Gasteiger partial charge in [-0.05, 0) is 43.4 Å². The van der Waals surface area contributed by atoms with Crippen LogP contribution in [0.2, 0.25) is 0 Å². The van der Waals surface area contributed by atoms with Crippen LogP contribution in [-0.2, 0) is 26.0 Å². The predicted octanol–water partition coefficient (Wildman–Crippen LogP) is 1.36. The second kappa shape index (κ2) is 5.71. The van der Waals surface area contributed by atoms with Crippen LogP contribution in [0.5, 0.6) is 0 Å². The number of sulfonamides is 1. The van der Waals surface area contributed by atoms with Crippen molar-refractivity contribution in [2.45, 2.75) is 43.1 Å². The standard InChI is InChI=1S/C13H17NO4S/c14-19(16,17)12-7-4-10(5-8-12)6-9-13(15)18-11-2-1-3-11/h4-5,7-8,11H,1-3,6,9H2,(H2,14,16,17). The van der Waals surface area contributed by atoms with E-state index in [1.807, 2.05) is 0 Å². The van der Waals surface area contributed by atoms with E-state index in [-0.39, 0.29) is 17.0 Å². The smallest absolute Gasteiger partial charge is 0.306 e. The number of rotatable bonds is 5. The molecule has 1 aliphatic rings. The summed E-state index contributed by atoms with van der Waals surface area (Å²) in [5, 5.41) is 5.00. The number of carbonyl (C=O) groups is 1. The van der Waals surface area contributed by atoms with Gasteiger partial charge in [0.1, 0.15) is 6.10 Å². The Hall–Kier alpha value is -1.40. The third-order valence-electron chi connectivity index (χ3n) is 3.22. The summed E-state index contributed by atoms with van der Waals surface area (Å²) in [4.78, 5) is 11.6. The van der Waals surface area contributed by atoms with Crippen LogP contribution in [0, 0.1) is 0 Å². The Balaban J connectivity index is 1.84. The lowest BCUT2D eigenvalue weighted by atomic mass is 9.96. The molecule has 0 aliphatic heterocycles. The number of aryl methyl sites for hydroxylation is 1. The molecule has 0 saturated heterocycles. The Bertz CT molecular complexity index is 547. The topological polar surface area (TPSA) is 86.5 Å². The van der Waals surface area contributed by atoms with Gasteiger partial charge in [0.05, 0.1) is 4.90 Å². The zero-order valence-electron chi connectivity index (χ0n) is 10.5. The van der Waals surface area contributed by atoms with E-state index in [9.17, 15) is 13.2 Å². The maximum atomic E-state index is 11.5. The highest BCUT2D eigenvalue weighted by atomic mass is 32.2. The van der Waals surface area contributed by atoms with Gasteiger partial charge in [-0.25, -0.2) is 13.6 Å². The van der Waals surface area contributed by atoms with E-state index in [1.165, 1.54) is 12.1 Å². The molecule has 0 spiro atoms. The van der Waals surface area contributed by atoms with Gasteiger partial charge in [0.15, 0.2) is 0 Å². The molecule has 19 heavy (non-hydrogen) atoms. The molecule has 0 aromatic heterocycles. The van der Waals surface area contributed by atoms with Crippen LogP contribution in [0.25, 0.3) is 0 Å². The monoisotopic (exact) mass is 283 g/mol. The molecule has 0 atom stereocenters. The SMILES string of the molecule is NS(=O)(=O)c1ccc(CCC(=O)OC2CCC2)cc1. The summed E-state index contributed by atoms with van der Waals surface area (Å²) in [6.45, 7) is 0. The second-order valence-corrected chi connectivity index (χ2v) is 6.29. The summed E-state index contributed by atoms with van der Waals surface area (Å²) >= 11 is 0. The molecule has 0 heterocycles. The first-order chi connectivity index (χ1) is 8.95. The zero-order chi connectivity index (χ0) is 13.9. The largest absolute Gasteiger partial charge is 0.462 e. The van der Waals surface area contributed by atoms with E-state index >= 15 is 0 Å². The van der Waals surface area contributed by atoms with E-state index in [4.69, 9.17) is 9.88 Å². The van der Waals surface area contributed by atoms with E-state index in [1.54, 1.807) is 12.1 Å². The van der Waals surface area contributed by atoms with Crippen molar-refractivity contribution in [3.63, 3.8) is 0 Å². The molecule has 0 bridgehead atoms. The fourth-order valence-electron chi connectivity index (χ4n) is 1.83. The van der Waals surface area contributed by atoms with Crippen LogP contribution >= 0.6 is 0 Å². The number of primary sulfonamides is 1. The Kier molecular flexibility index (Phi) is 4.21. The van der Waals surface area contributed by atoms with Gasteiger partial charge >= 0.3 is 5.97 Å². The molecular weight excluding hydrogens is 266 g/mol. The number of ether oxygens (including phenoxy) is 1. The summed E-state index contributed by atoms with van der Waals surface area (Å²) in [5.74, 6) is -0.194. The van der Waals surface area contributed by atoms with Crippen LogP contribution in [0.1, 0.15) is 31.2 Å². The third-order valence-corrected chi connectivity index (χ3v) is 4.15. The van der Waals surface area contributed by atoms with E-state index in [0.717, 1.165) is 24.8 Å². The lowest BCUT2D eigenvalue weighted by Gasteiger charge is -2.25. The Labute approximate surface area is 112 Å². The molecule has 2 N–H and O–H groups in total. The fraction of sp³-hybridized carbons (Fsp3) is 0.462. The Morgan fingerprint density at radius 1 is 1.26 bits per heavy atom. The van der Waals surface area contributed by atoms with Gasteiger partial charge < -0.3 is 4.74 Å².